The summed E-state index contributed by atoms with van der Waals surface area (Å²) in [7, 11) is 0. The highest BCUT2D eigenvalue weighted by atomic mass is 16.5. The number of para-hydroxylation sites is 1. The Balaban J connectivity index is 1.09. The molecule has 2 heterocycles. The molecule has 3 heteroatoms. The normalized spacial score (nSPS) is 23.3. The molecule has 2 saturated heterocycles. The number of ether oxygens (including phenoxy) is 2. The molecule has 8 aromatic rings. The van der Waals surface area contributed by atoms with Gasteiger partial charge in [-0.1, -0.05) is 159 Å². The van der Waals surface area contributed by atoms with E-state index < -0.39 is 17.2 Å². The summed E-state index contributed by atoms with van der Waals surface area (Å²) >= 11 is 0. The van der Waals surface area contributed by atoms with Crippen molar-refractivity contribution in [3.05, 3.63) is 220 Å². The zero-order valence-corrected chi connectivity index (χ0v) is 35.7. The highest BCUT2D eigenvalue weighted by Gasteiger charge is 2.52. The summed E-state index contributed by atoms with van der Waals surface area (Å²) in [5.41, 5.74) is 21.6. The zero-order chi connectivity index (χ0) is 43.7. The predicted molar refractivity (Wildman–Crippen MR) is 257 cm³/mol. The van der Waals surface area contributed by atoms with Crippen molar-refractivity contribution >= 4 is 17.1 Å². The molecule has 0 radical (unpaired) electrons. The molecule has 0 saturated carbocycles. The molecule has 306 valence electrons. The van der Waals surface area contributed by atoms with Crippen LogP contribution in [0, 0.1) is 0 Å². The first kappa shape index (κ1) is 35.0. The second-order valence-corrected chi connectivity index (χ2v) is 18.5. The van der Waals surface area contributed by atoms with Crippen LogP contribution in [0.15, 0.2) is 176 Å². The molecule has 2 fully saturated rings. The van der Waals surface area contributed by atoms with Crippen LogP contribution in [0.4, 0.5) is 17.1 Å². The average Bonchev–Trinajstić information content (AvgIpc) is 4.17. The third-order valence-electron chi connectivity index (χ3n) is 14.9. The van der Waals surface area contributed by atoms with Crippen LogP contribution in [0.25, 0.3) is 44.5 Å². The maximum atomic E-state index is 9.69. The van der Waals surface area contributed by atoms with Crippen LogP contribution >= 0.6 is 0 Å². The Kier molecular flexibility index (Phi) is 7.77. The smallest absolute Gasteiger partial charge is 0.0726 e. The average molecular weight is 818 g/mol. The minimum Gasteiger partial charge on any atom is -0.381 e. The number of hydrogen-bond donors (Lipinski definition) is 0. The molecule has 1 spiro atoms. The van der Waals surface area contributed by atoms with Gasteiger partial charge in [-0.2, -0.15) is 0 Å². The van der Waals surface area contributed by atoms with E-state index in [4.69, 9.17) is 9.47 Å². The lowest BCUT2D eigenvalue weighted by atomic mass is 9.69. The van der Waals surface area contributed by atoms with Crippen molar-refractivity contribution in [1.29, 1.82) is 0 Å². The number of hydrogen-bond acceptors (Lipinski definition) is 3. The van der Waals surface area contributed by atoms with E-state index in [0.29, 0.717) is 39.3 Å². The largest absolute Gasteiger partial charge is 0.381 e. The van der Waals surface area contributed by atoms with Crippen LogP contribution < -0.4 is 4.90 Å². The quantitative estimate of drug-likeness (QED) is 0.167. The van der Waals surface area contributed by atoms with Crippen LogP contribution in [0.1, 0.15) is 85.7 Å². The number of anilines is 3. The Hall–Kier alpha value is -6.52. The van der Waals surface area contributed by atoms with E-state index in [2.05, 4.69) is 195 Å². The van der Waals surface area contributed by atoms with Gasteiger partial charge >= 0.3 is 0 Å². The summed E-state index contributed by atoms with van der Waals surface area (Å²) < 4.78 is 31.2. The molecule has 5 aliphatic rings. The molecule has 0 N–H and O–H groups in total. The van der Waals surface area contributed by atoms with Crippen LogP contribution in [0.5, 0.6) is 0 Å². The number of benzene rings is 8. The molecule has 0 amide bonds. The van der Waals surface area contributed by atoms with Crippen molar-refractivity contribution in [2.24, 2.45) is 0 Å². The SMILES string of the molecule is [2H]C1(c2ccc3c(c2)C2(c4ccccc4-c4ccc(N(c5ccc6c(c5)C(C)(C)c5ccccc5-6)c5ccccc5-c5ccccc5)cc42)c2cc(C4([2H])CCOC4)ccc2-3)CCOC1. The van der Waals surface area contributed by atoms with E-state index in [0.717, 1.165) is 39.3 Å². The first-order valence-corrected chi connectivity index (χ1v) is 22.6. The standard InChI is InChI=1S/C60H49NO2/c1-59(2)52-17-9-6-15-46(52)48-26-22-43(34-54(48)59)61(58-19-11-8-14-45(58)38-12-4-3-5-13-38)44-23-27-51-47-16-7-10-18-53(47)60(57(51)35-44)55-32-39(41-28-30-62-36-41)20-24-49(55)50-25-21-40(33-56(50)60)42-29-31-63-37-42/h3-27,32-35,41-42H,28-31,36-37H2,1-2H3/i41D,42D. The maximum Gasteiger partial charge on any atom is 0.0726 e. The van der Waals surface area contributed by atoms with Gasteiger partial charge in [0.05, 0.1) is 24.3 Å². The first-order valence-electron chi connectivity index (χ1n) is 23.6. The fourth-order valence-corrected chi connectivity index (χ4v) is 11.9. The van der Waals surface area contributed by atoms with E-state index in [1.165, 1.54) is 66.8 Å². The highest BCUT2D eigenvalue weighted by Crippen LogP contribution is 2.64. The van der Waals surface area contributed by atoms with Crippen molar-refractivity contribution < 1.29 is 12.2 Å². The minimum atomic E-state index is -0.829. The van der Waals surface area contributed by atoms with E-state index in [9.17, 15) is 2.74 Å². The Labute approximate surface area is 373 Å². The predicted octanol–water partition coefficient (Wildman–Crippen LogP) is 14.5. The Morgan fingerprint density at radius 2 is 0.905 bits per heavy atom. The maximum absolute atomic E-state index is 9.69. The monoisotopic (exact) mass is 817 g/mol. The van der Waals surface area contributed by atoms with Gasteiger partial charge < -0.3 is 14.4 Å². The van der Waals surface area contributed by atoms with Gasteiger partial charge in [-0.15, -0.1) is 0 Å². The molecule has 8 aromatic carbocycles. The van der Waals surface area contributed by atoms with Crippen molar-refractivity contribution in [2.45, 2.75) is 49.3 Å². The Morgan fingerprint density at radius 3 is 1.51 bits per heavy atom. The third-order valence-corrected chi connectivity index (χ3v) is 14.9. The topological polar surface area (TPSA) is 21.7 Å². The second kappa shape index (κ2) is 14.0. The van der Waals surface area contributed by atoms with Gasteiger partial charge in [-0.25, -0.2) is 0 Å². The van der Waals surface area contributed by atoms with Gasteiger partial charge in [0.25, 0.3) is 0 Å². The molecular formula is C60H49NO2. The number of nitrogens with zero attached hydrogens (tertiary/aromatic N) is 1. The fraction of sp³-hybridized carbons (Fsp3) is 0.200. The molecule has 3 nitrogen and oxygen atoms in total. The van der Waals surface area contributed by atoms with Crippen LogP contribution in [-0.2, 0) is 20.3 Å². The summed E-state index contributed by atoms with van der Waals surface area (Å²) in [5.74, 6) is -1.66. The van der Waals surface area contributed by atoms with Gasteiger partial charge in [0.1, 0.15) is 0 Å². The van der Waals surface area contributed by atoms with E-state index in [1.807, 2.05) is 0 Å². The lowest BCUT2D eigenvalue weighted by Gasteiger charge is -2.34. The highest BCUT2D eigenvalue weighted by molar-refractivity contribution is 5.98. The fourth-order valence-electron chi connectivity index (χ4n) is 11.9. The van der Waals surface area contributed by atoms with Crippen LogP contribution in [-0.4, -0.2) is 26.4 Å². The molecule has 2 atom stereocenters. The summed E-state index contributed by atoms with van der Waals surface area (Å²) in [6.07, 6.45) is 1.32. The van der Waals surface area contributed by atoms with E-state index in [1.54, 1.807) is 0 Å². The Morgan fingerprint density at radius 1 is 0.444 bits per heavy atom. The summed E-state index contributed by atoms with van der Waals surface area (Å²) in [6, 6.07) is 65.1. The summed E-state index contributed by atoms with van der Waals surface area (Å²) in [5, 5.41) is 0. The molecule has 3 aliphatic carbocycles. The lowest BCUT2D eigenvalue weighted by Crippen LogP contribution is -2.27. The third kappa shape index (κ3) is 5.33. The van der Waals surface area contributed by atoms with Gasteiger partial charge in [0, 0.05) is 50.1 Å². The minimum absolute atomic E-state index is 0.179. The summed E-state index contributed by atoms with van der Waals surface area (Å²) in [6.45, 7) is 6.65. The van der Waals surface area contributed by atoms with E-state index in [-0.39, 0.29) is 5.41 Å². The van der Waals surface area contributed by atoms with Crippen molar-refractivity contribution in [2.75, 3.05) is 31.3 Å². The Bertz CT molecular complexity index is 3180. The first-order chi connectivity index (χ1) is 31.7. The molecular weight excluding hydrogens is 767 g/mol. The second-order valence-electron chi connectivity index (χ2n) is 18.5. The van der Waals surface area contributed by atoms with E-state index >= 15 is 0 Å². The zero-order valence-electron chi connectivity index (χ0n) is 37.7. The molecule has 2 aliphatic heterocycles. The van der Waals surface area contributed by atoms with Crippen LogP contribution in [0.2, 0.25) is 0 Å². The number of fused-ring (bicyclic) bond motifs is 13. The van der Waals surface area contributed by atoms with Gasteiger partial charge in [0.15, 0.2) is 0 Å². The lowest BCUT2D eigenvalue weighted by molar-refractivity contribution is 0.194. The van der Waals surface area contributed by atoms with Gasteiger partial charge in [-0.05, 0) is 127 Å². The molecule has 63 heavy (non-hydrogen) atoms. The van der Waals surface area contributed by atoms with Crippen molar-refractivity contribution in [3.8, 4) is 44.5 Å². The van der Waals surface area contributed by atoms with Crippen LogP contribution in [0.3, 0.4) is 0 Å². The molecule has 0 bridgehead atoms. The number of rotatable bonds is 6. The van der Waals surface area contributed by atoms with Crippen molar-refractivity contribution in [1.82, 2.24) is 0 Å². The molecule has 13 rings (SSSR count). The molecule has 0 aromatic heterocycles. The molecule has 2 unspecified atom stereocenters. The van der Waals surface area contributed by atoms with Gasteiger partial charge in [-0.3, -0.25) is 0 Å². The summed E-state index contributed by atoms with van der Waals surface area (Å²) in [4.78, 5) is 2.48. The van der Waals surface area contributed by atoms with Crippen molar-refractivity contribution in [3.63, 3.8) is 0 Å². The van der Waals surface area contributed by atoms with Gasteiger partial charge in [0.2, 0.25) is 0 Å².